The average Bonchev–Trinajstić information content (AvgIpc) is 3.08. The standard InChI is InChI=1S/C16H26N2S/c1-2-13-8-9-16(19-13)15(11-17)18-10-4-6-12-5-3-7-14(12)18/h8-9,12,14-15H,2-7,10-11,17H2,1H3. The van der Waals surface area contributed by atoms with Gasteiger partial charge in [0.25, 0.3) is 0 Å². The maximum absolute atomic E-state index is 6.13. The number of aryl methyl sites for hydroxylation is 1. The fraction of sp³-hybridized carbons (Fsp3) is 0.750. The van der Waals surface area contributed by atoms with Gasteiger partial charge in [-0.05, 0) is 56.7 Å². The highest BCUT2D eigenvalue weighted by atomic mass is 32.1. The molecule has 3 atom stereocenters. The lowest BCUT2D eigenvalue weighted by Gasteiger charge is -2.42. The molecule has 19 heavy (non-hydrogen) atoms. The van der Waals surface area contributed by atoms with Crippen LogP contribution in [0.15, 0.2) is 12.1 Å². The first-order chi connectivity index (χ1) is 9.33. The normalized spacial score (nSPS) is 29.4. The van der Waals surface area contributed by atoms with Gasteiger partial charge in [-0.25, -0.2) is 0 Å². The molecule has 0 aromatic carbocycles. The molecule has 0 bridgehead atoms. The third kappa shape index (κ3) is 2.61. The summed E-state index contributed by atoms with van der Waals surface area (Å²) in [5.41, 5.74) is 6.13. The summed E-state index contributed by atoms with van der Waals surface area (Å²) in [6.45, 7) is 4.26. The lowest BCUT2D eigenvalue weighted by Crippen LogP contribution is -2.46. The number of piperidine rings is 1. The van der Waals surface area contributed by atoms with E-state index in [4.69, 9.17) is 5.73 Å². The molecule has 0 amide bonds. The highest BCUT2D eigenvalue weighted by Gasteiger charge is 2.38. The van der Waals surface area contributed by atoms with Gasteiger partial charge in [0.15, 0.2) is 0 Å². The summed E-state index contributed by atoms with van der Waals surface area (Å²) >= 11 is 1.97. The summed E-state index contributed by atoms with van der Waals surface area (Å²) < 4.78 is 0. The molecule has 2 heterocycles. The van der Waals surface area contributed by atoms with Gasteiger partial charge in [0.1, 0.15) is 0 Å². The van der Waals surface area contributed by atoms with Gasteiger partial charge in [-0.2, -0.15) is 0 Å². The van der Waals surface area contributed by atoms with Crippen LogP contribution in [-0.2, 0) is 6.42 Å². The van der Waals surface area contributed by atoms with E-state index in [1.807, 2.05) is 11.3 Å². The van der Waals surface area contributed by atoms with E-state index in [1.165, 1.54) is 48.4 Å². The van der Waals surface area contributed by atoms with Crippen molar-refractivity contribution in [2.45, 2.75) is 57.5 Å². The number of nitrogens with zero attached hydrogens (tertiary/aromatic N) is 1. The van der Waals surface area contributed by atoms with Crippen molar-refractivity contribution in [3.05, 3.63) is 21.9 Å². The van der Waals surface area contributed by atoms with Crippen LogP contribution in [-0.4, -0.2) is 24.0 Å². The zero-order valence-electron chi connectivity index (χ0n) is 12.0. The smallest absolute Gasteiger partial charge is 0.0566 e. The van der Waals surface area contributed by atoms with Gasteiger partial charge in [-0.3, -0.25) is 4.90 Å². The topological polar surface area (TPSA) is 29.3 Å². The first-order valence-electron chi connectivity index (χ1n) is 7.88. The Labute approximate surface area is 121 Å². The molecule has 0 radical (unpaired) electrons. The molecule has 3 rings (SSSR count). The minimum Gasteiger partial charge on any atom is -0.329 e. The van der Waals surface area contributed by atoms with Crippen molar-refractivity contribution in [3.8, 4) is 0 Å². The van der Waals surface area contributed by atoms with Crippen LogP contribution in [0.25, 0.3) is 0 Å². The first-order valence-corrected chi connectivity index (χ1v) is 8.69. The molecule has 2 fully saturated rings. The highest BCUT2D eigenvalue weighted by molar-refractivity contribution is 7.12. The lowest BCUT2D eigenvalue weighted by atomic mass is 9.90. The van der Waals surface area contributed by atoms with Gasteiger partial charge in [-0.1, -0.05) is 13.3 Å². The minimum atomic E-state index is 0.469. The van der Waals surface area contributed by atoms with E-state index >= 15 is 0 Å². The third-order valence-corrected chi connectivity index (χ3v) is 6.35. The molecular weight excluding hydrogens is 252 g/mol. The van der Waals surface area contributed by atoms with Crippen molar-refractivity contribution in [3.63, 3.8) is 0 Å². The van der Waals surface area contributed by atoms with E-state index in [9.17, 15) is 0 Å². The molecule has 1 saturated heterocycles. The Bertz CT molecular complexity index is 415. The van der Waals surface area contributed by atoms with Crippen molar-refractivity contribution in [1.82, 2.24) is 4.90 Å². The van der Waals surface area contributed by atoms with Crippen molar-refractivity contribution in [2.75, 3.05) is 13.1 Å². The molecule has 3 heteroatoms. The van der Waals surface area contributed by atoms with E-state index in [-0.39, 0.29) is 0 Å². The van der Waals surface area contributed by atoms with Crippen LogP contribution in [0.5, 0.6) is 0 Å². The molecule has 106 valence electrons. The van der Waals surface area contributed by atoms with E-state index in [0.717, 1.165) is 24.9 Å². The van der Waals surface area contributed by atoms with Crippen LogP contribution in [0.2, 0.25) is 0 Å². The fourth-order valence-electron chi connectivity index (χ4n) is 4.06. The summed E-state index contributed by atoms with van der Waals surface area (Å²) in [5, 5.41) is 0. The molecule has 2 N–H and O–H groups in total. The quantitative estimate of drug-likeness (QED) is 0.912. The largest absolute Gasteiger partial charge is 0.329 e. The van der Waals surface area contributed by atoms with Crippen molar-refractivity contribution >= 4 is 11.3 Å². The van der Waals surface area contributed by atoms with Crippen LogP contribution < -0.4 is 5.73 Å². The summed E-state index contributed by atoms with van der Waals surface area (Å²) in [4.78, 5) is 5.73. The molecule has 1 aromatic rings. The van der Waals surface area contributed by atoms with Crippen LogP contribution in [0.3, 0.4) is 0 Å². The number of hydrogen-bond donors (Lipinski definition) is 1. The van der Waals surface area contributed by atoms with E-state index in [2.05, 4.69) is 24.0 Å². The first kappa shape index (κ1) is 13.6. The fourth-order valence-corrected chi connectivity index (χ4v) is 5.14. The van der Waals surface area contributed by atoms with Gasteiger partial charge in [0.05, 0.1) is 6.04 Å². The molecule has 1 saturated carbocycles. The molecule has 3 unspecified atom stereocenters. The summed E-state index contributed by atoms with van der Waals surface area (Å²) in [6.07, 6.45) is 8.23. The molecule has 1 aromatic heterocycles. The number of rotatable bonds is 4. The number of thiophene rings is 1. The lowest BCUT2D eigenvalue weighted by molar-refractivity contribution is 0.0716. The SMILES string of the molecule is CCc1ccc(C(CN)N2CCCC3CCCC32)s1. The predicted octanol–water partition coefficient (Wildman–Crippen LogP) is 3.57. The summed E-state index contributed by atoms with van der Waals surface area (Å²) in [5.74, 6) is 0.952. The monoisotopic (exact) mass is 278 g/mol. The van der Waals surface area contributed by atoms with Gasteiger partial charge in [-0.15, -0.1) is 11.3 Å². The van der Waals surface area contributed by atoms with Crippen molar-refractivity contribution in [1.29, 1.82) is 0 Å². The number of nitrogens with two attached hydrogens (primary N) is 1. The van der Waals surface area contributed by atoms with Crippen LogP contribution in [0.1, 0.15) is 54.8 Å². The Hall–Kier alpha value is -0.380. The Morgan fingerprint density at radius 1 is 1.32 bits per heavy atom. The second-order valence-corrected chi connectivity index (χ2v) is 7.25. The molecule has 2 nitrogen and oxygen atoms in total. The van der Waals surface area contributed by atoms with Crippen LogP contribution >= 0.6 is 11.3 Å². The Morgan fingerprint density at radius 3 is 2.89 bits per heavy atom. The van der Waals surface area contributed by atoms with Gasteiger partial charge < -0.3 is 5.73 Å². The summed E-state index contributed by atoms with van der Waals surface area (Å²) in [6, 6.07) is 5.89. The molecule has 1 aliphatic heterocycles. The van der Waals surface area contributed by atoms with E-state index < -0.39 is 0 Å². The van der Waals surface area contributed by atoms with Gasteiger partial charge >= 0.3 is 0 Å². The van der Waals surface area contributed by atoms with Crippen molar-refractivity contribution in [2.24, 2.45) is 11.7 Å². The number of fused-ring (bicyclic) bond motifs is 1. The highest BCUT2D eigenvalue weighted by Crippen LogP contribution is 2.41. The maximum atomic E-state index is 6.13. The molecule has 1 aliphatic carbocycles. The van der Waals surface area contributed by atoms with Gasteiger partial charge in [0.2, 0.25) is 0 Å². The number of likely N-dealkylation sites (tertiary alicyclic amines) is 1. The Morgan fingerprint density at radius 2 is 2.16 bits per heavy atom. The molecule has 2 aliphatic rings. The Balaban J connectivity index is 1.80. The minimum absolute atomic E-state index is 0.469. The van der Waals surface area contributed by atoms with Gasteiger partial charge in [0, 0.05) is 22.3 Å². The Kier molecular flexibility index (Phi) is 4.25. The third-order valence-electron chi connectivity index (χ3n) is 5.02. The van der Waals surface area contributed by atoms with Crippen LogP contribution in [0.4, 0.5) is 0 Å². The molecule has 0 spiro atoms. The maximum Gasteiger partial charge on any atom is 0.0566 e. The molecular formula is C16H26N2S. The summed E-state index contributed by atoms with van der Waals surface area (Å²) in [7, 11) is 0. The van der Waals surface area contributed by atoms with Crippen LogP contribution in [0, 0.1) is 5.92 Å². The zero-order valence-corrected chi connectivity index (χ0v) is 12.8. The van der Waals surface area contributed by atoms with Crippen molar-refractivity contribution < 1.29 is 0 Å². The zero-order chi connectivity index (χ0) is 13.2. The predicted molar refractivity (Wildman–Crippen MR) is 82.6 cm³/mol. The van der Waals surface area contributed by atoms with E-state index in [0.29, 0.717) is 6.04 Å². The van der Waals surface area contributed by atoms with E-state index in [1.54, 1.807) is 0 Å². The average molecular weight is 278 g/mol. The second kappa shape index (κ2) is 5.94. The second-order valence-electron chi connectivity index (χ2n) is 6.05. The number of hydrogen-bond acceptors (Lipinski definition) is 3.